The van der Waals surface area contributed by atoms with Gasteiger partial charge in [-0.2, -0.15) is 0 Å². The van der Waals surface area contributed by atoms with E-state index in [0.717, 1.165) is 11.1 Å². The van der Waals surface area contributed by atoms with Crippen molar-refractivity contribution >= 4 is 18.0 Å². The quantitative estimate of drug-likeness (QED) is 0.802. The first-order valence-corrected chi connectivity index (χ1v) is 5.16. The van der Waals surface area contributed by atoms with Crippen LogP contribution >= 0.6 is 0 Å². The third kappa shape index (κ3) is 3.31. The molecule has 0 heterocycles. The standard InChI is InChI=1S/C12H13NO5/c1-7-3-8(2)5-9(4-7)10(14)6-13(11(15)16)12(17)18/h3-5H,6H2,1-2H3,(H,15,16)(H,17,18). The summed E-state index contributed by atoms with van der Waals surface area (Å²) in [6.45, 7) is 2.90. The Morgan fingerprint density at radius 1 is 1.00 bits per heavy atom. The van der Waals surface area contributed by atoms with Crippen molar-refractivity contribution in [3.8, 4) is 0 Å². The van der Waals surface area contributed by atoms with Gasteiger partial charge in [-0.15, -0.1) is 0 Å². The molecule has 1 aromatic carbocycles. The van der Waals surface area contributed by atoms with E-state index in [-0.39, 0.29) is 4.90 Å². The number of nitrogens with zero attached hydrogens (tertiary/aromatic N) is 1. The first kappa shape index (κ1) is 13.7. The monoisotopic (exact) mass is 251 g/mol. The maximum absolute atomic E-state index is 11.8. The molecule has 1 aromatic rings. The lowest BCUT2D eigenvalue weighted by Crippen LogP contribution is -2.38. The van der Waals surface area contributed by atoms with Gasteiger partial charge in [-0.1, -0.05) is 17.2 Å². The Bertz CT molecular complexity index is 475. The molecule has 0 spiro atoms. The molecule has 0 aliphatic heterocycles. The number of carbonyl (C=O) groups is 3. The number of hydrogen-bond donors (Lipinski definition) is 2. The third-order valence-electron chi connectivity index (χ3n) is 2.31. The van der Waals surface area contributed by atoms with Crippen LogP contribution in [0, 0.1) is 13.8 Å². The second-order valence-electron chi connectivity index (χ2n) is 3.95. The van der Waals surface area contributed by atoms with Crippen LogP contribution in [0.25, 0.3) is 0 Å². The zero-order valence-electron chi connectivity index (χ0n) is 10.0. The zero-order valence-corrected chi connectivity index (χ0v) is 10.0. The molecule has 6 heteroatoms. The van der Waals surface area contributed by atoms with E-state index in [1.165, 1.54) is 0 Å². The fourth-order valence-corrected chi connectivity index (χ4v) is 1.59. The summed E-state index contributed by atoms with van der Waals surface area (Å²) in [5.41, 5.74) is 2.02. The van der Waals surface area contributed by atoms with Gasteiger partial charge >= 0.3 is 12.2 Å². The van der Waals surface area contributed by atoms with E-state index in [4.69, 9.17) is 10.2 Å². The van der Waals surface area contributed by atoms with Crippen molar-refractivity contribution in [3.05, 3.63) is 34.9 Å². The van der Waals surface area contributed by atoms with E-state index in [1.807, 2.05) is 6.07 Å². The Kier molecular flexibility index (Phi) is 4.04. The molecular formula is C12H13NO5. The Morgan fingerprint density at radius 3 is 1.83 bits per heavy atom. The lowest BCUT2D eigenvalue weighted by atomic mass is 10.0. The van der Waals surface area contributed by atoms with Crippen LogP contribution < -0.4 is 0 Å². The number of hydrogen-bond acceptors (Lipinski definition) is 3. The van der Waals surface area contributed by atoms with Crippen molar-refractivity contribution in [2.45, 2.75) is 13.8 Å². The van der Waals surface area contributed by atoms with E-state index < -0.39 is 24.5 Å². The average Bonchev–Trinajstić information content (AvgIpc) is 2.23. The van der Waals surface area contributed by atoms with Crippen LogP contribution in [0.5, 0.6) is 0 Å². The van der Waals surface area contributed by atoms with Crippen LogP contribution in [0.15, 0.2) is 18.2 Å². The van der Waals surface area contributed by atoms with Gasteiger partial charge in [-0.25, -0.2) is 14.5 Å². The molecule has 0 saturated heterocycles. The summed E-state index contributed by atoms with van der Waals surface area (Å²) in [6.07, 6.45) is -3.33. The van der Waals surface area contributed by atoms with Crippen LogP contribution in [0.3, 0.4) is 0 Å². The smallest absolute Gasteiger partial charge is 0.417 e. The minimum absolute atomic E-state index is 0.0556. The molecule has 2 amide bonds. The maximum atomic E-state index is 11.8. The van der Waals surface area contributed by atoms with E-state index in [9.17, 15) is 14.4 Å². The summed E-state index contributed by atoms with van der Waals surface area (Å²) in [5, 5.41) is 17.3. The van der Waals surface area contributed by atoms with E-state index in [2.05, 4.69) is 0 Å². The van der Waals surface area contributed by atoms with Gasteiger partial charge in [0, 0.05) is 5.56 Å². The lowest BCUT2D eigenvalue weighted by Gasteiger charge is -2.12. The van der Waals surface area contributed by atoms with Crippen LogP contribution in [0.1, 0.15) is 21.5 Å². The van der Waals surface area contributed by atoms with Crippen LogP contribution in [0.4, 0.5) is 9.59 Å². The first-order chi connectivity index (χ1) is 8.31. The Labute approximate surface area is 103 Å². The summed E-state index contributed by atoms with van der Waals surface area (Å²) in [7, 11) is 0. The summed E-state index contributed by atoms with van der Waals surface area (Å²) < 4.78 is 0. The second-order valence-corrected chi connectivity index (χ2v) is 3.95. The molecule has 96 valence electrons. The summed E-state index contributed by atoms with van der Waals surface area (Å²) in [6, 6.07) is 5.05. The SMILES string of the molecule is Cc1cc(C)cc(C(=O)CN(C(=O)O)C(=O)O)c1. The topological polar surface area (TPSA) is 94.9 Å². The Morgan fingerprint density at radius 2 is 1.44 bits per heavy atom. The van der Waals surface area contributed by atoms with Gasteiger partial charge in [0.15, 0.2) is 5.78 Å². The van der Waals surface area contributed by atoms with Crippen molar-refractivity contribution in [2.75, 3.05) is 6.54 Å². The normalized spacial score (nSPS) is 9.89. The number of Topliss-reactive ketones (excluding diaryl/α,β-unsaturated/α-hetero) is 1. The summed E-state index contributed by atoms with van der Waals surface area (Å²) in [4.78, 5) is 33.1. The van der Waals surface area contributed by atoms with Gasteiger partial charge in [-0.3, -0.25) is 4.79 Å². The molecule has 0 aromatic heterocycles. The molecule has 6 nitrogen and oxygen atoms in total. The number of carboxylic acid groups (broad SMARTS) is 2. The fourth-order valence-electron chi connectivity index (χ4n) is 1.59. The molecule has 1 rings (SSSR count). The molecular weight excluding hydrogens is 238 g/mol. The minimum atomic E-state index is -1.67. The first-order valence-electron chi connectivity index (χ1n) is 5.16. The van der Waals surface area contributed by atoms with Crippen LogP contribution in [-0.4, -0.2) is 39.6 Å². The molecule has 0 aliphatic carbocycles. The lowest BCUT2D eigenvalue weighted by molar-refractivity contribution is 0.0883. The van der Waals surface area contributed by atoms with Gasteiger partial charge in [-0.05, 0) is 26.0 Å². The molecule has 0 aliphatic rings. The third-order valence-corrected chi connectivity index (χ3v) is 2.31. The van der Waals surface area contributed by atoms with Gasteiger partial charge in [0.05, 0.1) is 6.54 Å². The highest BCUT2D eigenvalue weighted by Crippen LogP contribution is 2.10. The van der Waals surface area contributed by atoms with Gasteiger partial charge < -0.3 is 10.2 Å². The highest BCUT2D eigenvalue weighted by Gasteiger charge is 2.23. The zero-order chi connectivity index (χ0) is 13.9. The minimum Gasteiger partial charge on any atom is -0.465 e. The number of imide groups is 1. The van der Waals surface area contributed by atoms with E-state index in [1.54, 1.807) is 26.0 Å². The van der Waals surface area contributed by atoms with Gasteiger partial charge in [0.25, 0.3) is 0 Å². The van der Waals surface area contributed by atoms with Gasteiger partial charge in [0.2, 0.25) is 0 Å². The number of aryl methyl sites for hydroxylation is 2. The van der Waals surface area contributed by atoms with E-state index in [0.29, 0.717) is 5.56 Å². The van der Waals surface area contributed by atoms with Gasteiger partial charge in [0.1, 0.15) is 0 Å². The largest absolute Gasteiger partial charge is 0.465 e. The highest BCUT2D eigenvalue weighted by molar-refractivity contribution is 6.02. The predicted molar refractivity (Wildman–Crippen MR) is 63.0 cm³/mol. The van der Waals surface area contributed by atoms with Crippen molar-refractivity contribution in [1.82, 2.24) is 4.90 Å². The van der Waals surface area contributed by atoms with Crippen LogP contribution in [-0.2, 0) is 0 Å². The number of benzene rings is 1. The number of carbonyl (C=O) groups excluding carboxylic acids is 1. The molecule has 18 heavy (non-hydrogen) atoms. The Hall–Kier alpha value is -2.37. The molecule has 0 unspecified atom stereocenters. The summed E-state index contributed by atoms with van der Waals surface area (Å²) in [5.74, 6) is -0.549. The molecule has 0 fully saturated rings. The predicted octanol–water partition coefficient (Wildman–Crippen LogP) is 2.14. The maximum Gasteiger partial charge on any atom is 0.417 e. The van der Waals surface area contributed by atoms with Crippen molar-refractivity contribution in [1.29, 1.82) is 0 Å². The summed E-state index contributed by atoms with van der Waals surface area (Å²) >= 11 is 0. The Balaban J connectivity index is 2.94. The number of ketones is 1. The van der Waals surface area contributed by atoms with Crippen LogP contribution in [0.2, 0.25) is 0 Å². The molecule has 0 bridgehead atoms. The number of amides is 2. The van der Waals surface area contributed by atoms with E-state index >= 15 is 0 Å². The van der Waals surface area contributed by atoms with Crippen molar-refractivity contribution in [2.24, 2.45) is 0 Å². The molecule has 2 N–H and O–H groups in total. The van der Waals surface area contributed by atoms with Crippen molar-refractivity contribution in [3.63, 3.8) is 0 Å². The molecule has 0 radical (unpaired) electrons. The second kappa shape index (κ2) is 5.31. The highest BCUT2D eigenvalue weighted by atomic mass is 16.4. The molecule has 0 atom stereocenters. The van der Waals surface area contributed by atoms with Crippen molar-refractivity contribution < 1.29 is 24.6 Å². The fraction of sp³-hybridized carbons (Fsp3) is 0.250. The number of rotatable bonds is 3. The molecule has 0 saturated carbocycles. The average molecular weight is 251 g/mol.